The summed E-state index contributed by atoms with van der Waals surface area (Å²) in [5.41, 5.74) is 3.23. The Morgan fingerprint density at radius 1 is 1.56 bits per heavy atom. The van der Waals surface area contributed by atoms with Crippen molar-refractivity contribution in [3.63, 3.8) is 0 Å². The number of hydrogen-bond acceptors (Lipinski definition) is 4. The van der Waals surface area contributed by atoms with Crippen molar-refractivity contribution in [1.29, 1.82) is 0 Å². The molecule has 0 aliphatic carbocycles. The summed E-state index contributed by atoms with van der Waals surface area (Å²) in [5.74, 6) is 0. The van der Waals surface area contributed by atoms with E-state index in [-0.39, 0.29) is 0 Å². The summed E-state index contributed by atoms with van der Waals surface area (Å²) in [7, 11) is 1.95. The smallest absolute Gasteiger partial charge is 0.0922 e. The van der Waals surface area contributed by atoms with Gasteiger partial charge in [0.05, 0.1) is 17.5 Å². The van der Waals surface area contributed by atoms with Crippen LogP contribution < -0.4 is 5.32 Å². The Labute approximate surface area is 111 Å². The lowest BCUT2D eigenvalue weighted by Gasteiger charge is -2.10. The molecule has 2 rings (SSSR count). The standard InChI is InChI=1S/C13H19N3OS/c1-3-11-6-12(16(2)15-11)7-14-8-13(17)10-4-5-18-9-10/h4-6,9,13-14,17H,3,7-8H2,1-2H3. The van der Waals surface area contributed by atoms with Crippen LogP contribution in [-0.4, -0.2) is 21.4 Å². The molecular formula is C13H19N3OS. The minimum Gasteiger partial charge on any atom is -0.387 e. The molecule has 18 heavy (non-hydrogen) atoms. The van der Waals surface area contributed by atoms with E-state index in [0.29, 0.717) is 6.54 Å². The zero-order chi connectivity index (χ0) is 13.0. The lowest BCUT2D eigenvalue weighted by atomic mass is 10.2. The van der Waals surface area contributed by atoms with Gasteiger partial charge in [-0.1, -0.05) is 6.92 Å². The fraction of sp³-hybridized carbons (Fsp3) is 0.462. The van der Waals surface area contributed by atoms with Crippen LogP contribution in [-0.2, 0) is 20.0 Å². The first kappa shape index (κ1) is 13.3. The monoisotopic (exact) mass is 265 g/mol. The second-order valence-corrected chi connectivity index (χ2v) is 5.09. The summed E-state index contributed by atoms with van der Waals surface area (Å²) in [4.78, 5) is 0. The minimum atomic E-state index is -0.435. The Bertz CT molecular complexity index is 478. The quantitative estimate of drug-likeness (QED) is 0.838. The van der Waals surface area contributed by atoms with E-state index in [0.717, 1.165) is 29.9 Å². The van der Waals surface area contributed by atoms with Crippen LogP contribution in [0.5, 0.6) is 0 Å². The van der Waals surface area contributed by atoms with Crippen LogP contribution in [0, 0.1) is 0 Å². The number of hydrogen-bond donors (Lipinski definition) is 2. The molecule has 0 amide bonds. The molecule has 0 bridgehead atoms. The van der Waals surface area contributed by atoms with E-state index in [9.17, 15) is 5.11 Å². The zero-order valence-electron chi connectivity index (χ0n) is 10.8. The van der Waals surface area contributed by atoms with Crippen molar-refractivity contribution in [3.05, 3.63) is 39.8 Å². The van der Waals surface area contributed by atoms with Crippen LogP contribution in [0.4, 0.5) is 0 Å². The van der Waals surface area contributed by atoms with Crippen LogP contribution in [0.15, 0.2) is 22.9 Å². The lowest BCUT2D eigenvalue weighted by molar-refractivity contribution is 0.174. The summed E-state index contributed by atoms with van der Waals surface area (Å²) in [6, 6.07) is 4.06. The predicted molar refractivity (Wildman–Crippen MR) is 73.6 cm³/mol. The molecule has 2 N–H and O–H groups in total. The summed E-state index contributed by atoms with van der Waals surface area (Å²) < 4.78 is 1.89. The summed E-state index contributed by atoms with van der Waals surface area (Å²) in [6.45, 7) is 3.38. The first-order valence-electron chi connectivity index (χ1n) is 6.13. The SMILES string of the molecule is CCc1cc(CNCC(O)c2ccsc2)n(C)n1. The van der Waals surface area contributed by atoms with E-state index in [1.54, 1.807) is 11.3 Å². The highest BCUT2D eigenvalue weighted by molar-refractivity contribution is 7.07. The minimum absolute atomic E-state index is 0.435. The van der Waals surface area contributed by atoms with Gasteiger partial charge in [-0.3, -0.25) is 4.68 Å². The molecule has 0 fully saturated rings. The zero-order valence-corrected chi connectivity index (χ0v) is 11.6. The Hall–Kier alpha value is -1.17. The number of rotatable bonds is 6. The highest BCUT2D eigenvalue weighted by Crippen LogP contribution is 2.15. The van der Waals surface area contributed by atoms with Crippen molar-refractivity contribution >= 4 is 11.3 Å². The van der Waals surface area contributed by atoms with Crippen molar-refractivity contribution in [3.8, 4) is 0 Å². The van der Waals surface area contributed by atoms with E-state index < -0.39 is 6.10 Å². The molecule has 0 aliphatic rings. The number of thiophene rings is 1. The predicted octanol–water partition coefficient (Wildman–Crippen LogP) is 1.87. The van der Waals surface area contributed by atoms with Crippen molar-refractivity contribution in [2.24, 2.45) is 7.05 Å². The maximum Gasteiger partial charge on any atom is 0.0922 e. The number of aliphatic hydroxyl groups is 1. The van der Waals surface area contributed by atoms with E-state index in [2.05, 4.69) is 23.4 Å². The first-order chi connectivity index (χ1) is 8.70. The molecule has 4 nitrogen and oxygen atoms in total. The molecule has 0 aliphatic heterocycles. The Morgan fingerprint density at radius 2 is 2.39 bits per heavy atom. The second kappa shape index (κ2) is 6.13. The first-order valence-corrected chi connectivity index (χ1v) is 7.07. The molecule has 0 saturated heterocycles. The van der Waals surface area contributed by atoms with Gasteiger partial charge in [0, 0.05) is 20.1 Å². The summed E-state index contributed by atoms with van der Waals surface area (Å²) in [5, 5.41) is 21.5. The number of nitrogens with zero attached hydrogens (tertiary/aromatic N) is 2. The van der Waals surface area contributed by atoms with Gasteiger partial charge < -0.3 is 10.4 Å². The Balaban J connectivity index is 1.83. The van der Waals surface area contributed by atoms with E-state index >= 15 is 0 Å². The molecule has 0 radical (unpaired) electrons. The lowest BCUT2D eigenvalue weighted by Crippen LogP contribution is -2.22. The Morgan fingerprint density at radius 3 is 3.00 bits per heavy atom. The summed E-state index contributed by atoms with van der Waals surface area (Å²) >= 11 is 1.60. The molecule has 2 heterocycles. The van der Waals surface area contributed by atoms with Gasteiger partial charge in [0.15, 0.2) is 0 Å². The van der Waals surface area contributed by atoms with Crippen LogP contribution in [0.2, 0.25) is 0 Å². The molecule has 1 atom stereocenters. The molecule has 1 unspecified atom stereocenters. The number of aliphatic hydroxyl groups excluding tert-OH is 1. The number of aromatic nitrogens is 2. The van der Waals surface area contributed by atoms with Gasteiger partial charge in [0.2, 0.25) is 0 Å². The molecule has 0 aromatic carbocycles. The average molecular weight is 265 g/mol. The molecule has 2 aromatic heterocycles. The number of nitrogens with one attached hydrogen (secondary N) is 1. The molecule has 5 heteroatoms. The maximum absolute atomic E-state index is 9.93. The normalized spacial score (nSPS) is 12.8. The van der Waals surface area contributed by atoms with Crippen molar-refractivity contribution < 1.29 is 5.11 Å². The third-order valence-corrected chi connectivity index (χ3v) is 3.66. The van der Waals surface area contributed by atoms with Crippen molar-refractivity contribution in [1.82, 2.24) is 15.1 Å². The van der Waals surface area contributed by atoms with Crippen LogP contribution in [0.1, 0.15) is 30.0 Å². The molecule has 0 spiro atoms. The van der Waals surface area contributed by atoms with E-state index in [1.165, 1.54) is 0 Å². The second-order valence-electron chi connectivity index (χ2n) is 4.31. The highest BCUT2D eigenvalue weighted by Gasteiger charge is 2.08. The largest absolute Gasteiger partial charge is 0.387 e. The van der Waals surface area contributed by atoms with Gasteiger partial charge in [0.25, 0.3) is 0 Å². The maximum atomic E-state index is 9.93. The van der Waals surface area contributed by atoms with Crippen LogP contribution >= 0.6 is 11.3 Å². The van der Waals surface area contributed by atoms with Gasteiger partial charge in [0.1, 0.15) is 0 Å². The van der Waals surface area contributed by atoms with Gasteiger partial charge in [-0.25, -0.2) is 0 Å². The number of aryl methyl sites for hydroxylation is 2. The molecule has 98 valence electrons. The third kappa shape index (κ3) is 3.19. The van der Waals surface area contributed by atoms with Crippen molar-refractivity contribution in [2.75, 3.05) is 6.54 Å². The Kier molecular flexibility index (Phi) is 4.52. The average Bonchev–Trinajstić information content (AvgIpc) is 2.99. The fourth-order valence-electron chi connectivity index (χ4n) is 1.83. The van der Waals surface area contributed by atoms with Gasteiger partial charge in [-0.15, -0.1) is 0 Å². The van der Waals surface area contributed by atoms with Crippen LogP contribution in [0.25, 0.3) is 0 Å². The van der Waals surface area contributed by atoms with E-state index in [1.807, 2.05) is 28.6 Å². The molecular weight excluding hydrogens is 246 g/mol. The topological polar surface area (TPSA) is 50.1 Å². The summed E-state index contributed by atoms with van der Waals surface area (Å²) in [6.07, 6.45) is 0.515. The van der Waals surface area contributed by atoms with Crippen molar-refractivity contribution in [2.45, 2.75) is 26.0 Å². The van der Waals surface area contributed by atoms with E-state index in [4.69, 9.17) is 0 Å². The highest BCUT2D eigenvalue weighted by atomic mass is 32.1. The van der Waals surface area contributed by atoms with Gasteiger partial charge in [-0.05, 0) is 34.9 Å². The molecule has 0 saturated carbocycles. The fourth-order valence-corrected chi connectivity index (χ4v) is 2.54. The molecule has 2 aromatic rings. The van der Waals surface area contributed by atoms with Gasteiger partial charge in [-0.2, -0.15) is 16.4 Å². The van der Waals surface area contributed by atoms with Gasteiger partial charge >= 0.3 is 0 Å². The van der Waals surface area contributed by atoms with Crippen LogP contribution in [0.3, 0.4) is 0 Å². The third-order valence-electron chi connectivity index (χ3n) is 2.96.